The van der Waals surface area contributed by atoms with E-state index < -0.39 is 0 Å². The molecule has 4 nitrogen and oxygen atoms in total. The number of hydrogen-bond donors (Lipinski definition) is 0. The predicted octanol–water partition coefficient (Wildman–Crippen LogP) is 3.09. The van der Waals surface area contributed by atoms with Gasteiger partial charge in [0.15, 0.2) is 0 Å². The predicted molar refractivity (Wildman–Crippen MR) is 45.5 cm³/mol. The molecule has 1 aromatic rings. The third-order valence-corrected chi connectivity index (χ3v) is 1.59. The Balaban J connectivity index is 3.19. The molecule has 1 rings (SSSR count). The molecule has 0 aliphatic rings. The van der Waals surface area contributed by atoms with Crippen LogP contribution in [0.25, 0.3) is 10.4 Å². The Hall–Kier alpha value is -1.06. The highest BCUT2D eigenvalue weighted by Crippen LogP contribution is 2.18. The summed E-state index contributed by atoms with van der Waals surface area (Å²) in [5, 5.41) is 3.40. The fourth-order valence-electron chi connectivity index (χ4n) is 0.680. The maximum Gasteiger partial charge on any atom is 0.129 e. The Morgan fingerprint density at radius 2 is 2.45 bits per heavy atom. The maximum atomic E-state index is 8.12. The summed E-state index contributed by atoms with van der Waals surface area (Å²) >= 11 is 3.25. The molecule has 0 atom stereocenters. The lowest BCUT2D eigenvalue weighted by molar-refractivity contribution is 1.20. The standard InChI is InChI=1S/C6H5BrN4/c1-4-2-5(7)3-9-6(4)10-11-8/h2-3H,1H3. The molecule has 0 saturated heterocycles. The average Bonchev–Trinajstić information content (AvgIpc) is 1.95. The highest BCUT2D eigenvalue weighted by atomic mass is 79.9. The number of rotatable bonds is 1. The van der Waals surface area contributed by atoms with Gasteiger partial charge in [0.25, 0.3) is 0 Å². The lowest BCUT2D eigenvalue weighted by Crippen LogP contribution is -1.78. The summed E-state index contributed by atoms with van der Waals surface area (Å²) in [6.07, 6.45) is 1.59. The van der Waals surface area contributed by atoms with E-state index in [0.29, 0.717) is 5.82 Å². The van der Waals surface area contributed by atoms with Crippen LogP contribution in [0.4, 0.5) is 5.82 Å². The molecular formula is C6H5BrN4. The molecule has 0 saturated carbocycles. The van der Waals surface area contributed by atoms with Crippen molar-refractivity contribution in [1.29, 1.82) is 0 Å². The van der Waals surface area contributed by atoms with Gasteiger partial charge in [0, 0.05) is 15.6 Å². The van der Waals surface area contributed by atoms with E-state index >= 15 is 0 Å². The molecule has 56 valence electrons. The minimum atomic E-state index is 0.427. The van der Waals surface area contributed by atoms with Crippen molar-refractivity contribution in [3.63, 3.8) is 0 Å². The van der Waals surface area contributed by atoms with Crippen LogP contribution < -0.4 is 0 Å². The largest absolute Gasteiger partial charge is 0.253 e. The number of halogens is 1. The van der Waals surface area contributed by atoms with E-state index in [-0.39, 0.29) is 0 Å². The Morgan fingerprint density at radius 1 is 1.73 bits per heavy atom. The first kappa shape index (κ1) is 8.04. The van der Waals surface area contributed by atoms with Gasteiger partial charge in [-0.1, -0.05) is 0 Å². The van der Waals surface area contributed by atoms with Crippen molar-refractivity contribution in [3.8, 4) is 0 Å². The minimum Gasteiger partial charge on any atom is -0.253 e. The van der Waals surface area contributed by atoms with E-state index in [9.17, 15) is 0 Å². The topological polar surface area (TPSA) is 61.7 Å². The van der Waals surface area contributed by atoms with Crippen molar-refractivity contribution < 1.29 is 0 Å². The van der Waals surface area contributed by atoms with Gasteiger partial charge in [-0.3, -0.25) is 4.98 Å². The van der Waals surface area contributed by atoms with Gasteiger partial charge in [0.1, 0.15) is 5.82 Å². The van der Waals surface area contributed by atoms with Crippen molar-refractivity contribution in [2.24, 2.45) is 5.11 Å². The van der Waals surface area contributed by atoms with E-state index in [1.54, 1.807) is 6.20 Å². The molecule has 0 unspecified atom stereocenters. The van der Waals surface area contributed by atoms with Gasteiger partial charge >= 0.3 is 0 Å². The zero-order valence-electron chi connectivity index (χ0n) is 5.82. The summed E-state index contributed by atoms with van der Waals surface area (Å²) in [7, 11) is 0. The number of hydrogen-bond acceptors (Lipinski definition) is 2. The summed E-state index contributed by atoms with van der Waals surface area (Å²) in [6.45, 7) is 1.84. The first-order chi connectivity index (χ1) is 5.24. The lowest BCUT2D eigenvalue weighted by atomic mass is 10.3. The van der Waals surface area contributed by atoms with Crippen LogP contribution >= 0.6 is 15.9 Å². The molecule has 0 aliphatic heterocycles. The van der Waals surface area contributed by atoms with E-state index in [1.807, 2.05) is 13.0 Å². The van der Waals surface area contributed by atoms with Crippen LogP contribution in [0.15, 0.2) is 21.9 Å². The average molecular weight is 213 g/mol. The molecule has 0 N–H and O–H groups in total. The van der Waals surface area contributed by atoms with Crippen molar-refractivity contribution in [2.75, 3.05) is 0 Å². The van der Waals surface area contributed by atoms with Gasteiger partial charge in [-0.05, 0) is 45.1 Å². The van der Waals surface area contributed by atoms with E-state index in [4.69, 9.17) is 5.53 Å². The smallest absolute Gasteiger partial charge is 0.129 e. The van der Waals surface area contributed by atoms with Gasteiger partial charge in [-0.2, -0.15) is 0 Å². The first-order valence-corrected chi connectivity index (χ1v) is 3.70. The number of aryl methyl sites for hydroxylation is 1. The second-order valence-electron chi connectivity index (χ2n) is 1.98. The van der Waals surface area contributed by atoms with Crippen molar-refractivity contribution in [2.45, 2.75) is 6.92 Å². The fraction of sp³-hybridized carbons (Fsp3) is 0.167. The summed E-state index contributed by atoms with van der Waals surface area (Å²) < 4.78 is 0.881. The van der Waals surface area contributed by atoms with Crippen molar-refractivity contribution in [1.82, 2.24) is 4.98 Å². The number of aromatic nitrogens is 1. The first-order valence-electron chi connectivity index (χ1n) is 2.91. The molecule has 0 radical (unpaired) electrons. The van der Waals surface area contributed by atoms with Gasteiger partial charge < -0.3 is 0 Å². The quantitative estimate of drug-likeness (QED) is 0.401. The monoisotopic (exact) mass is 212 g/mol. The van der Waals surface area contributed by atoms with E-state index in [1.165, 1.54) is 0 Å². The Morgan fingerprint density at radius 3 is 3.00 bits per heavy atom. The third kappa shape index (κ3) is 1.93. The second kappa shape index (κ2) is 3.37. The number of azide groups is 1. The van der Waals surface area contributed by atoms with Crippen LogP contribution in [-0.4, -0.2) is 4.98 Å². The van der Waals surface area contributed by atoms with Gasteiger partial charge in [0.05, 0.1) is 0 Å². The number of pyridine rings is 1. The molecule has 0 aliphatic carbocycles. The fourth-order valence-corrected chi connectivity index (χ4v) is 1.13. The molecule has 1 aromatic heterocycles. The van der Waals surface area contributed by atoms with Crippen molar-refractivity contribution in [3.05, 3.63) is 32.7 Å². The molecule has 0 amide bonds. The SMILES string of the molecule is Cc1cc(Br)cnc1N=[N+]=[N-]. The normalized spacial score (nSPS) is 8.91. The number of nitrogens with zero attached hydrogens (tertiary/aromatic N) is 4. The van der Waals surface area contributed by atoms with Gasteiger partial charge in [-0.15, -0.1) is 0 Å². The van der Waals surface area contributed by atoms with Crippen LogP contribution in [0.1, 0.15) is 5.56 Å². The molecule has 0 bridgehead atoms. The Bertz CT molecular complexity index is 316. The molecule has 5 heteroatoms. The zero-order valence-corrected chi connectivity index (χ0v) is 7.41. The molecule has 11 heavy (non-hydrogen) atoms. The molecular weight excluding hydrogens is 208 g/mol. The van der Waals surface area contributed by atoms with Crippen LogP contribution in [0.2, 0.25) is 0 Å². The zero-order chi connectivity index (χ0) is 8.27. The second-order valence-corrected chi connectivity index (χ2v) is 2.90. The molecule has 1 heterocycles. The van der Waals surface area contributed by atoms with Crippen molar-refractivity contribution >= 4 is 21.7 Å². The third-order valence-electron chi connectivity index (χ3n) is 1.16. The van der Waals surface area contributed by atoms with Crippen LogP contribution in [0.3, 0.4) is 0 Å². The van der Waals surface area contributed by atoms with Gasteiger partial charge in [-0.25, -0.2) is 0 Å². The van der Waals surface area contributed by atoms with E-state index in [0.717, 1.165) is 10.0 Å². The Kier molecular flexibility index (Phi) is 2.46. The maximum absolute atomic E-state index is 8.12. The van der Waals surface area contributed by atoms with Crippen LogP contribution in [0.5, 0.6) is 0 Å². The van der Waals surface area contributed by atoms with E-state index in [2.05, 4.69) is 30.9 Å². The summed E-state index contributed by atoms with van der Waals surface area (Å²) in [5.41, 5.74) is 8.98. The summed E-state index contributed by atoms with van der Waals surface area (Å²) in [6, 6.07) is 1.84. The molecule has 0 aromatic carbocycles. The van der Waals surface area contributed by atoms with Gasteiger partial charge in [0.2, 0.25) is 0 Å². The lowest BCUT2D eigenvalue weighted by Gasteiger charge is -1.96. The minimum absolute atomic E-state index is 0.427. The van der Waals surface area contributed by atoms with Crippen LogP contribution in [-0.2, 0) is 0 Å². The Labute approximate surface area is 72.0 Å². The highest BCUT2D eigenvalue weighted by molar-refractivity contribution is 9.10. The summed E-state index contributed by atoms with van der Waals surface area (Å²) in [5.74, 6) is 0.427. The molecule has 0 fully saturated rings. The highest BCUT2D eigenvalue weighted by Gasteiger charge is 1.95. The summed E-state index contributed by atoms with van der Waals surface area (Å²) in [4.78, 5) is 6.54. The molecule has 0 spiro atoms. The van der Waals surface area contributed by atoms with Crippen LogP contribution in [0, 0.1) is 6.92 Å².